The SMILES string of the molecule is Cc1ccccc1C[C@H](Sc1ccc(Cl)cc1)C(=O)O. The summed E-state index contributed by atoms with van der Waals surface area (Å²) in [5, 5.41) is 9.54. The smallest absolute Gasteiger partial charge is 0.317 e. The van der Waals surface area contributed by atoms with Crippen LogP contribution in [0.25, 0.3) is 0 Å². The van der Waals surface area contributed by atoms with Gasteiger partial charge < -0.3 is 5.11 Å². The van der Waals surface area contributed by atoms with Gasteiger partial charge in [-0.15, -0.1) is 11.8 Å². The Morgan fingerprint density at radius 1 is 1.20 bits per heavy atom. The maximum absolute atomic E-state index is 11.4. The highest BCUT2D eigenvalue weighted by Gasteiger charge is 2.20. The first kappa shape index (κ1) is 14.9. The largest absolute Gasteiger partial charge is 0.480 e. The molecule has 0 radical (unpaired) electrons. The number of carboxylic acid groups (broad SMARTS) is 1. The van der Waals surface area contributed by atoms with Crippen molar-refractivity contribution in [3.63, 3.8) is 0 Å². The van der Waals surface area contributed by atoms with Crippen LogP contribution in [0.1, 0.15) is 11.1 Å². The molecule has 0 unspecified atom stereocenters. The minimum Gasteiger partial charge on any atom is -0.480 e. The highest BCUT2D eigenvalue weighted by atomic mass is 35.5. The van der Waals surface area contributed by atoms with Gasteiger partial charge in [0.25, 0.3) is 0 Å². The Morgan fingerprint density at radius 3 is 2.45 bits per heavy atom. The van der Waals surface area contributed by atoms with Crippen LogP contribution in [-0.2, 0) is 11.2 Å². The number of halogens is 1. The monoisotopic (exact) mass is 306 g/mol. The lowest BCUT2D eigenvalue weighted by molar-refractivity contribution is -0.136. The molecule has 0 saturated carbocycles. The number of hydrogen-bond acceptors (Lipinski definition) is 2. The molecule has 0 heterocycles. The second kappa shape index (κ2) is 6.82. The molecular weight excluding hydrogens is 292 g/mol. The molecule has 0 amide bonds. The Balaban J connectivity index is 2.14. The van der Waals surface area contributed by atoms with E-state index in [1.165, 1.54) is 11.8 Å². The fourth-order valence-corrected chi connectivity index (χ4v) is 3.01. The molecule has 2 aromatic carbocycles. The van der Waals surface area contributed by atoms with Gasteiger partial charge in [-0.1, -0.05) is 35.9 Å². The van der Waals surface area contributed by atoms with Gasteiger partial charge in [0.2, 0.25) is 0 Å². The van der Waals surface area contributed by atoms with Gasteiger partial charge in [-0.3, -0.25) is 4.79 Å². The molecule has 0 spiro atoms. The van der Waals surface area contributed by atoms with Gasteiger partial charge in [-0.05, 0) is 48.7 Å². The zero-order chi connectivity index (χ0) is 14.5. The van der Waals surface area contributed by atoms with Crippen molar-refractivity contribution >= 4 is 29.3 Å². The normalized spacial score (nSPS) is 12.1. The first-order chi connectivity index (χ1) is 9.56. The Morgan fingerprint density at radius 2 is 1.85 bits per heavy atom. The molecule has 1 atom stereocenters. The van der Waals surface area contributed by atoms with Crippen LogP contribution in [0.2, 0.25) is 5.02 Å². The fourth-order valence-electron chi connectivity index (χ4n) is 1.90. The van der Waals surface area contributed by atoms with Crippen molar-refractivity contribution in [3.05, 3.63) is 64.7 Å². The van der Waals surface area contributed by atoms with Crippen LogP contribution >= 0.6 is 23.4 Å². The lowest BCUT2D eigenvalue weighted by atomic mass is 10.0. The standard InChI is InChI=1S/C16H15ClO2S/c1-11-4-2-3-5-12(11)10-15(16(18)19)20-14-8-6-13(17)7-9-14/h2-9,15H,10H2,1H3,(H,18,19)/t15-/m0/s1. The summed E-state index contributed by atoms with van der Waals surface area (Å²) >= 11 is 7.19. The minimum atomic E-state index is -0.798. The molecule has 104 valence electrons. The van der Waals surface area contributed by atoms with Gasteiger partial charge in [0.1, 0.15) is 5.25 Å². The van der Waals surface area contributed by atoms with E-state index < -0.39 is 11.2 Å². The van der Waals surface area contributed by atoms with Crippen molar-refractivity contribution in [2.45, 2.75) is 23.5 Å². The predicted molar refractivity (Wildman–Crippen MR) is 83.6 cm³/mol. The van der Waals surface area contributed by atoms with Crippen molar-refractivity contribution in [1.82, 2.24) is 0 Å². The summed E-state index contributed by atoms with van der Waals surface area (Å²) in [4.78, 5) is 12.4. The highest BCUT2D eigenvalue weighted by Crippen LogP contribution is 2.28. The summed E-state index contributed by atoms with van der Waals surface area (Å²) in [5.41, 5.74) is 2.19. The minimum absolute atomic E-state index is 0.503. The van der Waals surface area contributed by atoms with Crippen LogP contribution in [0.15, 0.2) is 53.4 Å². The van der Waals surface area contributed by atoms with E-state index in [9.17, 15) is 9.90 Å². The molecule has 0 aliphatic rings. The fraction of sp³-hybridized carbons (Fsp3) is 0.188. The summed E-state index contributed by atoms with van der Waals surface area (Å²) in [6, 6.07) is 15.1. The molecule has 4 heteroatoms. The highest BCUT2D eigenvalue weighted by molar-refractivity contribution is 8.00. The van der Waals surface area contributed by atoms with Gasteiger partial charge in [-0.2, -0.15) is 0 Å². The molecule has 0 saturated heterocycles. The third-order valence-corrected chi connectivity index (χ3v) is 4.48. The number of thioether (sulfide) groups is 1. The van der Waals surface area contributed by atoms with Crippen molar-refractivity contribution in [2.24, 2.45) is 0 Å². The molecule has 0 aliphatic heterocycles. The topological polar surface area (TPSA) is 37.3 Å². The number of aliphatic carboxylic acids is 1. The van der Waals surface area contributed by atoms with E-state index in [4.69, 9.17) is 11.6 Å². The maximum atomic E-state index is 11.4. The van der Waals surface area contributed by atoms with E-state index >= 15 is 0 Å². The van der Waals surface area contributed by atoms with Crippen LogP contribution in [0.4, 0.5) is 0 Å². The molecule has 0 aromatic heterocycles. The molecule has 20 heavy (non-hydrogen) atoms. The second-order valence-electron chi connectivity index (χ2n) is 4.53. The van der Waals surface area contributed by atoms with Gasteiger partial charge in [-0.25, -0.2) is 0 Å². The lowest BCUT2D eigenvalue weighted by Crippen LogP contribution is -2.19. The van der Waals surface area contributed by atoms with Gasteiger partial charge in [0.15, 0.2) is 0 Å². The Kier molecular flexibility index (Phi) is 5.10. The number of carboxylic acids is 1. The molecule has 0 fully saturated rings. The number of benzene rings is 2. The molecule has 2 rings (SSSR count). The van der Waals surface area contributed by atoms with E-state index in [1.54, 1.807) is 12.1 Å². The summed E-state index contributed by atoms with van der Waals surface area (Å²) < 4.78 is 0. The van der Waals surface area contributed by atoms with E-state index in [0.717, 1.165) is 16.0 Å². The van der Waals surface area contributed by atoms with Crippen LogP contribution in [-0.4, -0.2) is 16.3 Å². The molecule has 1 N–H and O–H groups in total. The van der Waals surface area contributed by atoms with Crippen molar-refractivity contribution in [2.75, 3.05) is 0 Å². The Hall–Kier alpha value is -1.45. The number of hydrogen-bond donors (Lipinski definition) is 1. The Labute approximate surface area is 127 Å². The van der Waals surface area contributed by atoms with Crippen molar-refractivity contribution in [3.8, 4) is 0 Å². The average molecular weight is 307 g/mol. The average Bonchev–Trinajstić information content (AvgIpc) is 2.42. The van der Waals surface area contributed by atoms with E-state index in [0.29, 0.717) is 11.4 Å². The zero-order valence-corrected chi connectivity index (χ0v) is 12.6. The first-order valence-corrected chi connectivity index (χ1v) is 7.51. The third-order valence-electron chi connectivity index (χ3n) is 3.03. The number of aryl methyl sites for hydroxylation is 1. The molecule has 2 nitrogen and oxygen atoms in total. The maximum Gasteiger partial charge on any atom is 0.317 e. The summed E-state index contributed by atoms with van der Waals surface area (Å²) in [6.07, 6.45) is 0.509. The van der Waals surface area contributed by atoms with E-state index in [2.05, 4.69) is 0 Å². The van der Waals surface area contributed by atoms with Gasteiger partial charge >= 0.3 is 5.97 Å². The van der Waals surface area contributed by atoms with E-state index in [-0.39, 0.29) is 0 Å². The van der Waals surface area contributed by atoms with E-state index in [1.807, 2.05) is 43.3 Å². The quantitative estimate of drug-likeness (QED) is 0.830. The zero-order valence-electron chi connectivity index (χ0n) is 11.0. The second-order valence-corrected chi connectivity index (χ2v) is 6.24. The molecule has 0 bridgehead atoms. The van der Waals surface area contributed by atoms with Gasteiger partial charge in [0.05, 0.1) is 0 Å². The molecule has 2 aromatic rings. The first-order valence-electron chi connectivity index (χ1n) is 6.26. The summed E-state index contributed by atoms with van der Waals surface area (Å²) in [6.45, 7) is 2.00. The van der Waals surface area contributed by atoms with Crippen LogP contribution in [0.5, 0.6) is 0 Å². The van der Waals surface area contributed by atoms with Crippen molar-refractivity contribution < 1.29 is 9.90 Å². The summed E-state index contributed by atoms with van der Waals surface area (Å²) in [7, 11) is 0. The lowest BCUT2D eigenvalue weighted by Gasteiger charge is -2.13. The molecular formula is C16H15ClO2S. The predicted octanol–water partition coefficient (Wildman–Crippen LogP) is 4.44. The Bertz CT molecular complexity index is 596. The number of rotatable bonds is 5. The van der Waals surface area contributed by atoms with Crippen LogP contribution in [0.3, 0.4) is 0 Å². The van der Waals surface area contributed by atoms with Crippen LogP contribution < -0.4 is 0 Å². The van der Waals surface area contributed by atoms with Gasteiger partial charge in [0, 0.05) is 9.92 Å². The van der Waals surface area contributed by atoms with Crippen molar-refractivity contribution in [1.29, 1.82) is 0 Å². The van der Waals surface area contributed by atoms with Crippen LogP contribution in [0, 0.1) is 6.92 Å². The molecule has 0 aliphatic carbocycles. The summed E-state index contributed by atoms with van der Waals surface area (Å²) in [5.74, 6) is -0.798. The number of carbonyl (C=O) groups is 1. The third kappa shape index (κ3) is 4.02.